The standard InChI is InChI=1S/C22H30OS2/c1-21(2,3)18-11-14-8-9-15(20(14)25-18)13-22(4,5)19-12-16-17(24-19)7-6-10-23-16/h11-12,15H,6-10,13H2,1-5H3. The van der Waals surface area contributed by atoms with E-state index in [0.29, 0.717) is 0 Å². The van der Waals surface area contributed by atoms with Gasteiger partial charge in [-0.05, 0) is 66.5 Å². The number of fused-ring (bicyclic) bond motifs is 2. The number of rotatable bonds is 3. The topological polar surface area (TPSA) is 9.23 Å². The maximum Gasteiger partial charge on any atom is 0.133 e. The Morgan fingerprint density at radius 2 is 1.84 bits per heavy atom. The molecule has 4 rings (SSSR count). The Kier molecular flexibility index (Phi) is 4.31. The van der Waals surface area contributed by atoms with Crippen LogP contribution in [0, 0.1) is 0 Å². The minimum atomic E-state index is 0.226. The molecule has 1 nitrogen and oxygen atoms in total. The van der Waals surface area contributed by atoms with Crippen LogP contribution in [-0.4, -0.2) is 6.61 Å². The Balaban J connectivity index is 1.56. The second kappa shape index (κ2) is 6.13. The molecule has 0 saturated heterocycles. The van der Waals surface area contributed by atoms with E-state index in [2.05, 4.69) is 58.1 Å². The van der Waals surface area contributed by atoms with E-state index < -0.39 is 0 Å². The first kappa shape index (κ1) is 17.6. The van der Waals surface area contributed by atoms with Gasteiger partial charge in [0.05, 0.1) is 6.61 Å². The van der Waals surface area contributed by atoms with Gasteiger partial charge in [0.2, 0.25) is 0 Å². The van der Waals surface area contributed by atoms with Gasteiger partial charge in [-0.1, -0.05) is 34.6 Å². The second-order valence-corrected chi connectivity index (χ2v) is 11.6. The first-order chi connectivity index (χ1) is 11.7. The van der Waals surface area contributed by atoms with Crippen molar-refractivity contribution in [3.8, 4) is 5.75 Å². The van der Waals surface area contributed by atoms with Gasteiger partial charge in [0, 0.05) is 19.5 Å². The molecule has 3 heteroatoms. The van der Waals surface area contributed by atoms with Crippen molar-refractivity contribution in [2.24, 2.45) is 0 Å². The molecular weight excluding hydrogens is 344 g/mol. The highest BCUT2D eigenvalue weighted by atomic mass is 32.1. The summed E-state index contributed by atoms with van der Waals surface area (Å²) >= 11 is 4.07. The van der Waals surface area contributed by atoms with E-state index in [4.69, 9.17) is 4.74 Å². The zero-order chi connectivity index (χ0) is 17.8. The van der Waals surface area contributed by atoms with Gasteiger partial charge in [-0.25, -0.2) is 0 Å². The molecule has 3 heterocycles. The van der Waals surface area contributed by atoms with Gasteiger partial charge >= 0.3 is 0 Å². The summed E-state index contributed by atoms with van der Waals surface area (Å²) in [5.74, 6) is 1.89. The van der Waals surface area contributed by atoms with E-state index in [9.17, 15) is 0 Å². The number of thiophene rings is 2. The van der Waals surface area contributed by atoms with Crippen LogP contribution in [-0.2, 0) is 23.7 Å². The van der Waals surface area contributed by atoms with Crippen molar-refractivity contribution in [2.45, 2.75) is 83.5 Å². The van der Waals surface area contributed by atoms with Crippen molar-refractivity contribution in [3.05, 3.63) is 37.2 Å². The monoisotopic (exact) mass is 374 g/mol. The molecule has 2 aromatic rings. The smallest absolute Gasteiger partial charge is 0.133 e. The van der Waals surface area contributed by atoms with Crippen LogP contribution in [0.2, 0.25) is 0 Å². The van der Waals surface area contributed by atoms with Gasteiger partial charge in [-0.2, -0.15) is 0 Å². The highest BCUT2D eigenvalue weighted by Gasteiger charge is 2.35. The zero-order valence-electron chi connectivity index (χ0n) is 16.2. The predicted octanol–water partition coefficient (Wildman–Crippen LogP) is 6.83. The Bertz CT molecular complexity index is 749. The fourth-order valence-corrected chi connectivity index (χ4v) is 6.84. The average molecular weight is 375 g/mol. The Hall–Kier alpha value is -0.800. The van der Waals surface area contributed by atoms with Crippen molar-refractivity contribution in [2.75, 3.05) is 6.61 Å². The maximum absolute atomic E-state index is 5.88. The number of hydrogen-bond donors (Lipinski definition) is 0. The third-order valence-corrected chi connectivity index (χ3v) is 9.02. The molecule has 2 aliphatic rings. The molecule has 25 heavy (non-hydrogen) atoms. The summed E-state index contributed by atoms with van der Waals surface area (Å²) in [6.07, 6.45) is 6.22. The van der Waals surface area contributed by atoms with E-state index in [1.54, 1.807) is 15.3 Å². The summed E-state index contributed by atoms with van der Waals surface area (Å²) < 4.78 is 5.88. The lowest BCUT2D eigenvalue weighted by Crippen LogP contribution is -2.18. The van der Waals surface area contributed by atoms with Crippen LogP contribution in [0.25, 0.3) is 0 Å². The van der Waals surface area contributed by atoms with Crippen LogP contribution in [0.15, 0.2) is 12.1 Å². The molecule has 0 radical (unpaired) electrons. The summed E-state index contributed by atoms with van der Waals surface area (Å²) in [7, 11) is 0. The first-order valence-corrected chi connectivity index (χ1v) is 11.3. The number of ether oxygens (including phenoxy) is 1. The van der Waals surface area contributed by atoms with Crippen LogP contribution in [0.3, 0.4) is 0 Å². The molecule has 1 unspecified atom stereocenters. The summed E-state index contributed by atoms with van der Waals surface area (Å²) in [6, 6.07) is 4.83. The third-order valence-electron chi connectivity index (χ3n) is 5.71. The fourth-order valence-electron chi connectivity index (χ4n) is 4.18. The summed E-state index contributed by atoms with van der Waals surface area (Å²) in [6.45, 7) is 12.8. The van der Waals surface area contributed by atoms with Crippen molar-refractivity contribution in [1.29, 1.82) is 0 Å². The molecule has 0 fully saturated rings. The molecule has 0 saturated carbocycles. The molecule has 0 bridgehead atoms. The van der Waals surface area contributed by atoms with Crippen LogP contribution in [0.4, 0.5) is 0 Å². The van der Waals surface area contributed by atoms with E-state index in [-0.39, 0.29) is 10.8 Å². The molecule has 1 aliphatic heterocycles. The molecule has 1 aliphatic carbocycles. The van der Waals surface area contributed by atoms with E-state index in [0.717, 1.165) is 18.3 Å². The molecule has 0 aromatic carbocycles. The fraction of sp³-hybridized carbons (Fsp3) is 0.636. The average Bonchev–Trinajstić information content (AvgIpc) is 3.20. The van der Waals surface area contributed by atoms with Crippen LogP contribution >= 0.6 is 22.7 Å². The Morgan fingerprint density at radius 3 is 2.56 bits per heavy atom. The van der Waals surface area contributed by atoms with Gasteiger partial charge in [0.15, 0.2) is 0 Å². The molecular formula is C22H30OS2. The van der Waals surface area contributed by atoms with Gasteiger partial charge in [-0.3, -0.25) is 0 Å². The molecule has 136 valence electrons. The zero-order valence-corrected chi connectivity index (χ0v) is 17.8. The lowest BCUT2D eigenvalue weighted by Gasteiger charge is -2.27. The predicted molar refractivity (Wildman–Crippen MR) is 110 cm³/mol. The van der Waals surface area contributed by atoms with Crippen LogP contribution in [0.1, 0.15) is 84.9 Å². The summed E-state index contributed by atoms with van der Waals surface area (Å²) in [4.78, 5) is 6.21. The summed E-state index contributed by atoms with van der Waals surface area (Å²) in [5.41, 5.74) is 2.13. The van der Waals surface area contributed by atoms with E-state index in [1.807, 2.05) is 11.3 Å². The number of aryl methyl sites for hydroxylation is 2. The van der Waals surface area contributed by atoms with Gasteiger partial charge in [0.25, 0.3) is 0 Å². The minimum absolute atomic E-state index is 0.226. The Morgan fingerprint density at radius 1 is 1.04 bits per heavy atom. The highest BCUT2D eigenvalue weighted by Crippen LogP contribution is 2.49. The lowest BCUT2D eigenvalue weighted by molar-refractivity contribution is 0.291. The third kappa shape index (κ3) is 3.30. The maximum atomic E-state index is 5.88. The van der Waals surface area contributed by atoms with Crippen molar-refractivity contribution < 1.29 is 4.74 Å². The van der Waals surface area contributed by atoms with Crippen LogP contribution < -0.4 is 4.74 Å². The number of hydrogen-bond acceptors (Lipinski definition) is 3. The lowest BCUT2D eigenvalue weighted by atomic mass is 9.81. The summed E-state index contributed by atoms with van der Waals surface area (Å²) in [5, 5.41) is 0. The van der Waals surface area contributed by atoms with Crippen molar-refractivity contribution in [3.63, 3.8) is 0 Å². The van der Waals surface area contributed by atoms with Gasteiger partial charge in [0.1, 0.15) is 5.75 Å². The normalized spacial score (nSPS) is 20.3. The van der Waals surface area contributed by atoms with Crippen molar-refractivity contribution in [1.82, 2.24) is 0 Å². The molecule has 0 N–H and O–H groups in total. The van der Waals surface area contributed by atoms with Crippen molar-refractivity contribution >= 4 is 22.7 Å². The largest absolute Gasteiger partial charge is 0.492 e. The van der Waals surface area contributed by atoms with Crippen LogP contribution in [0.5, 0.6) is 5.75 Å². The first-order valence-electron chi connectivity index (χ1n) is 9.63. The Labute approximate surface area is 160 Å². The molecule has 2 aromatic heterocycles. The highest BCUT2D eigenvalue weighted by molar-refractivity contribution is 7.12. The quantitative estimate of drug-likeness (QED) is 0.572. The minimum Gasteiger partial charge on any atom is -0.492 e. The molecule has 1 atom stereocenters. The second-order valence-electron chi connectivity index (χ2n) is 9.42. The molecule has 0 spiro atoms. The SMILES string of the molecule is CC(C)(C)c1cc2c(s1)C(CC(C)(C)c1cc3c(s1)CCCO3)CC2. The van der Waals surface area contributed by atoms with Gasteiger partial charge in [-0.15, -0.1) is 22.7 Å². The van der Waals surface area contributed by atoms with E-state index >= 15 is 0 Å². The van der Waals surface area contributed by atoms with Gasteiger partial charge < -0.3 is 4.74 Å². The molecule has 0 amide bonds. The van der Waals surface area contributed by atoms with E-state index in [1.165, 1.54) is 41.9 Å².